The highest BCUT2D eigenvalue weighted by Gasteiger charge is 2.60. The molecule has 0 aliphatic heterocycles. The predicted octanol–water partition coefficient (Wildman–Crippen LogP) is 3.02. The summed E-state index contributed by atoms with van der Waals surface area (Å²) in [7, 11) is 0. The smallest absolute Gasteiger partial charge is 0.220 e. The molecule has 28 heavy (non-hydrogen) atoms. The van der Waals surface area contributed by atoms with Crippen molar-refractivity contribution in [3.63, 3.8) is 0 Å². The summed E-state index contributed by atoms with van der Waals surface area (Å²) in [6.07, 6.45) is 0.838. The van der Waals surface area contributed by atoms with Crippen LogP contribution in [0.15, 0.2) is 18.2 Å². The number of carbonyl (C=O) groups is 2. The molecule has 1 aliphatic carbocycles. The number of halogens is 2. The van der Waals surface area contributed by atoms with Crippen molar-refractivity contribution in [3.05, 3.63) is 35.4 Å². The van der Waals surface area contributed by atoms with Crippen molar-refractivity contribution in [2.24, 2.45) is 5.92 Å². The summed E-state index contributed by atoms with van der Waals surface area (Å²) in [5.41, 5.74) is -0.581. The normalized spacial score (nSPS) is 23.2. The van der Waals surface area contributed by atoms with Gasteiger partial charge in [-0.15, -0.1) is 0 Å². The van der Waals surface area contributed by atoms with Crippen LogP contribution in [0, 0.1) is 17.6 Å². The fourth-order valence-corrected chi connectivity index (χ4v) is 3.76. The molecule has 0 spiro atoms. The van der Waals surface area contributed by atoms with E-state index in [2.05, 4.69) is 10.6 Å². The van der Waals surface area contributed by atoms with Crippen LogP contribution in [-0.4, -0.2) is 34.6 Å². The van der Waals surface area contributed by atoms with Crippen molar-refractivity contribution in [2.45, 2.75) is 77.0 Å². The van der Waals surface area contributed by atoms with Gasteiger partial charge in [0.25, 0.3) is 0 Å². The Morgan fingerprint density at radius 2 is 1.82 bits per heavy atom. The Morgan fingerprint density at radius 1 is 1.21 bits per heavy atom. The van der Waals surface area contributed by atoms with E-state index in [1.807, 2.05) is 13.8 Å². The monoisotopic (exact) mass is 396 g/mol. The molecule has 1 aliphatic rings. The summed E-state index contributed by atoms with van der Waals surface area (Å²) in [5.74, 6) is -1.76. The van der Waals surface area contributed by atoms with E-state index in [1.54, 1.807) is 6.92 Å². The van der Waals surface area contributed by atoms with Gasteiger partial charge in [-0.1, -0.05) is 13.8 Å². The van der Waals surface area contributed by atoms with Gasteiger partial charge in [-0.25, -0.2) is 8.78 Å². The van der Waals surface area contributed by atoms with Crippen LogP contribution in [-0.2, 0) is 9.59 Å². The number of amides is 2. The molecule has 5 nitrogen and oxygen atoms in total. The minimum atomic E-state index is -0.983. The summed E-state index contributed by atoms with van der Waals surface area (Å²) in [6, 6.07) is 2.94. The summed E-state index contributed by atoms with van der Waals surface area (Å²) in [5, 5.41) is 16.4. The molecule has 2 amide bonds. The van der Waals surface area contributed by atoms with Gasteiger partial charge in [-0.3, -0.25) is 9.59 Å². The van der Waals surface area contributed by atoms with Gasteiger partial charge >= 0.3 is 0 Å². The molecule has 0 radical (unpaired) electrons. The standard InChI is InChI=1S/C21H30F2N2O3/c1-12(2)5-6-20(28)24-13(3)7-19(27)21(25-14(4)26)11-18(21)15-8-16(22)10-17(23)9-15/h8-10,12-13,18-19,27H,5-7,11H2,1-4H3,(H,24,28)(H,25,26)/t13?,18?,19-,21-/m0/s1. The fraction of sp³-hybridized carbons (Fsp3) is 0.619. The van der Waals surface area contributed by atoms with Crippen LogP contribution in [0.4, 0.5) is 8.78 Å². The zero-order chi connectivity index (χ0) is 21.1. The van der Waals surface area contributed by atoms with Crippen LogP contribution in [0.3, 0.4) is 0 Å². The van der Waals surface area contributed by atoms with E-state index in [1.165, 1.54) is 19.1 Å². The van der Waals surface area contributed by atoms with Gasteiger partial charge < -0.3 is 15.7 Å². The molecule has 4 atom stereocenters. The molecule has 2 unspecified atom stereocenters. The Balaban J connectivity index is 2.05. The number of aliphatic hydroxyl groups excluding tert-OH is 1. The zero-order valence-corrected chi connectivity index (χ0v) is 16.9. The third-order valence-corrected chi connectivity index (χ3v) is 5.23. The Kier molecular flexibility index (Phi) is 7.15. The molecular weight excluding hydrogens is 366 g/mol. The van der Waals surface area contributed by atoms with Crippen molar-refractivity contribution in [1.82, 2.24) is 10.6 Å². The lowest BCUT2D eigenvalue weighted by atomic mass is 9.96. The number of hydrogen-bond acceptors (Lipinski definition) is 3. The number of rotatable bonds is 9. The molecule has 156 valence electrons. The van der Waals surface area contributed by atoms with Crippen LogP contribution in [0.2, 0.25) is 0 Å². The van der Waals surface area contributed by atoms with Gasteiger partial charge in [0.2, 0.25) is 11.8 Å². The van der Waals surface area contributed by atoms with Crippen LogP contribution >= 0.6 is 0 Å². The van der Waals surface area contributed by atoms with Crippen LogP contribution in [0.25, 0.3) is 0 Å². The molecule has 0 aromatic heterocycles. The Labute approximate surface area is 164 Å². The molecule has 0 saturated heterocycles. The number of aliphatic hydroxyl groups is 1. The highest BCUT2D eigenvalue weighted by molar-refractivity contribution is 5.76. The summed E-state index contributed by atoms with van der Waals surface area (Å²) < 4.78 is 27.2. The highest BCUT2D eigenvalue weighted by Crippen LogP contribution is 2.54. The van der Waals surface area contributed by atoms with Gasteiger partial charge in [-0.2, -0.15) is 0 Å². The second-order valence-corrected chi connectivity index (χ2v) is 8.33. The van der Waals surface area contributed by atoms with E-state index in [4.69, 9.17) is 0 Å². The largest absolute Gasteiger partial charge is 0.391 e. The molecule has 1 saturated carbocycles. The van der Waals surface area contributed by atoms with Crippen molar-refractivity contribution in [2.75, 3.05) is 0 Å². The minimum absolute atomic E-state index is 0.0819. The summed E-state index contributed by atoms with van der Waals surface area (Å²) in [6.45, 7) is 7.21. The highest BCUT2D eigenvalue weighted by atomic mass is 19.1. The predicted molar refractivity (Wildman–Crippen MR) is 103 cm³/mol. The molecule has 0 heterocycles. The lowest BCUT2D eigenvalue weighted by Crippen LogP contribution is -2.49. The first-order chi connectivity index (χ1) is 13.0. The van der Waals surface area contributed by atoms with Crippen LogP contribution in [0.1, 0.15) is 64.9 Å². The Bertz CT molecular complexity index is 705. The first-order valence-electron chi connectivity index (χ1n) is 9.75. The molecule has 1 aromatic carbocycles. The molecule has 1 fully saturated rings. The second-order valence-electron chi connectivity index (χ2n) is 8.33. The van der Waals surface area contributed by atoms with E-state index < -0.39 is 23.3 Å². The quantitative estimate of drug-likeness (QED) is 0.600. The third-order valence-electron chi connectivity index (χ3n) is 5.23. The van der Waals surface area contributed by atoms with Crippen molar-refractivity contribution in [1.29, 1.82) is 0 Å². The summed E-state index contributed by atoms with van der Waals surface area (Å²) in [4.78, 5) is 23.7. The number of hydrogen-bond donors (Lipinski definition) is 3. The maximum atomic E-state index is 13.6. The third kappa shape index (κ3) is 5.74. The number of benzene rings is 1. The maximum Gasteiger partial charge on any atom is 0.220 e. The molecular formula is C21H30F2N2O3. The number of carbonyl (C=O) groups excluding carboxylic acids is 2. The lowest BCUT2D eigenvalue weighted by Gasteiger charge is -2.28. The SMILES string of the molecule is CC(=O)N[C@@]1([C@@H](O)CC(C)NC(=O)CCC(C)C)CC1c1cc(F)cc(F)c1. The van der Waals surface area contributed by atoms with Gasteiger partial charge in [0.05, 0.1) is 11.6 Å². The number of nitrogens with one attached hydrogen (secondary N) is 2. The van der Waals surface area contributed by atoms with Gasteiger partial charge in [0, 0.05) is 31.4 Å². The van der Waals surface area contributed by atoms with Crippen molar-refractivity contribution < 1.29 is 23.5 Å². The Morgan fingerprint density at radius 3 is 2.36 bits per heavy atom. The first kappa shape index (κ1) is 22.3. The van der Waals surface area contributed by atoms with E-state index in [0.717, 1.165) is 12.5 Å². The average Bonchev–Trinajstić information content (AvgIpc) is 3.26. The van der Waals surface area contributed by atoms with Crippen molar-refractivity contribution >= 4 is 11.8 Å². The van der Waals surface area contributed by atoms with Crippen LogP contribution in [0.5, 0.6) is 0 Å². The van der Waals surface area contributed by atoms with E-state index in [0.29, 0.717) is 24.3 Å². The van der Waals surface area contributed by atoms with E-state index in [9.17, 15) is 23.5 Å². The van der Waals surface area contributed by atoms with Gasteiger partial charge in [0.1, 0.15) is 11.6 Å². The topological polar surface area (TPSA) is 78.4 Å². The molecule has 2 rings (SSSR count). The first-order valence-corrected chi connectivity index (χ1v) is 9.75. The molecule has 7 heteroatoms. The van der Waals surface area contributed by atoms with E-state index in [-0.39, 0.29) is 30.2 Å². The van der Waals surface area contributed by atoms with Gasteiger partial charge in [0.15, 0.2) is 0 Å². The summed E-state index contributed by atoms with van der Waals surface area (Å²) >= 11 is 0. The zero-order valence-electron chi connectivity index (χ0n) is 16.9. The molecule has 3 N–H and O–H groups in total. The Hall–Kier alpha value is -2.02. The van der Waals surface area contributed by atoms with Crippen molar-refractivity contribution in [3.8, 4) is 0 Å². The van der Waals surface area contributed by atoms with Crippen LogP contribution < -0.4 is 10.6 Å². The second kappa shape index (κ2) is 8.99. The minimum Gasteiger partial charge on any atom is -0.391 e. The average molecular weight is 396 g/mol. The van der Waals surface area contributed by atoms with Gasteiger partial charge in [-0.05, 0) is 49.8 Å². The fourth-order valence-electron chi connectivity index (χ4n) is 3.76. The lowest BCUT2D eigenvalue weighted by molar-refractivity contribution is -0.123. The van der Waals surface area contributed by atoms with E-state index >= 15 is 0 Å². The molecule has 1 aromatic rings. The maximum absolute atomic E-state index is 13.6. The molecule has 0 bridgehead atoms.